The van der Waals surface area contributed by atoms with Crippen LogP contribution in [0.1, 0.15) is 18.3 Å². The van der Waals surface area contributed by atoms with Gasteiger partial charge in [0.25, 0.3) is 0 Å². The van der Waals surface area contributed by atoms with Gasteiger partial charge < -0.3 is 14.6 Å². The number of carbonyl (C=O) groups is 1. The second-order valence-electron chi connectivity index (χ2n) is 7.29. The van der Waals surface area contributed by atoms with Crippen LogP contribution in [0.4, 0.5) is 4.79 Å². The number of nitrogens with zero attached hydrogens (tertiary/aromatic N) is 4. The number of carboxylic acid groups (broad SMARTS) is 1. The average molecular weight is 372 g/mol. The molecular weight excluding hydrogens is 352 g/mol. The third kappa shape index (κ3) is 2.60. The number of pyridine rings is 1. The van der Waals surface area contributed by atoms with Crippen molar-refractivity contribution < 1.29 is 9.90 Å². The maximum Gasteiger partial charge on any atom is 0.407 e. The summed E-state index contributed by atoms with van der Waals surface area (Å²) in [5, 5.41) is 11.7. The second kappa shape index (κ2) is 6.34. The number of imidazole rings is 1. The van der Waals surface area contributed by atoms with Crippen molar-refractivity contribution in [1.82, 2.24) is 19.4 Å². The van der Waals surface area contributed by atoms with Crippen molar-refractivity contribution in [3.8, 4) is 11.1 Å². The monoisotopic (exact) mass is 372 g/mol. The van der Waals surface area contributed by atoms with E-state index in [1.165, 1.54) is 15.7 Å². The van der Waals surface area contributed by atoms with E-state index in [1.807, 2.05) is 31.3 Å². The van der Waals surface area contributed by atoms with Gasteiger partial charge in [-0.15, -0.1) is 0 Å². The van der Waals surface area contributed by atoms with Gasteiger partial charge in [-0.1, -0.05) is 36.4 Å². The Kier molecular flexibility index (Phi) is 3.79. The molecule has 28 heavy (non-hydrogen) atoms. The zero-order valence-corrected chi connectivity index (χ0v) is 15.5. The molecule has 3 heterocycles. The highest BCUT2D eigenvalue weighted by Crippen LogP contribution is 2.33. The zero-order chi connectivity index (χ0) is 19.3. The molecule has 4 aromatic rings. The molecule has 1 N–H and O–H groups in total. The fourth-order valence-electron chi connectivity index (χ4n) is 4.25. The van der Waals surface area contributed by atoms with Gasteiger partial charge in [-0.05, 0) is 41.8 Å². The lowest BCUT2D eigenvalue weighted by molar-refractivity contribution is 0.154. The SMILES string of the molecule is Cc1nc2c(-c3ccc4ccccc4c3)ccnc2n1[C@@H]1CCN(C(=O)O)C1. The molecule has 0 radical (unpaired) electrons. The minimum absolute atomic E-state index is 0.0699. The van der Waals surface area contributed by atoms with E-state index in [0.717, 1.165) is 34.5 Å². The third-order valence-corrected chi connectivity index (χ3v) is 5.61. The fraction of sp³-hybridized carbons (Fsp3) is 0.227. The third-order valence-electron chi connectivity index (χ3n) is 5.61. The summed E-state index contributed by atoms with van der Waals surface area (Å²) in [7, 11) is 0. The molecule has 0 saturated carbocycles. The molecule has 1 fully saturated rings. The number of aryl methyl sites for hydroxylation is 1. The average Bonchev–Trinajstić information content (AvgIpc) is 3.31. The molecule has 1 aliphatic heterocycles. The van der Waals surface area contributed by atoms with Crippen LogP contribution >= 0.6 is 0 Å². The van der Waals surface area contributed by atoms with Crippen LogP contribution in [0.25, 0.3) is 33.1 Å². The first-order valence-electron chi connectivity index (χ1n) is 9.42. The molecule has 0 aliphatic carbocycles. The summed E-state index contributed by atoms with van der Waals surface area (Å²) < 4.78 is 2.10. The number of hydrogen-bond acceptors (Lipinski definition) is 3. The molecule has 0 bridgehead atoms. The summed E-state index contributed by atoms with van der Waals surface area (Å²) in [6.45, 7) is 2.99. The normalized spacial score (nSPS) is 16.9. The molecular formula is C22H20N4O2. The van der Waals surface area contributed by atoms with Crippen LogP contribution in [-0.2, 0) is 0 Å². The molecule has 0 unspecified atom stereocenters. The van der Waals surface area contributed by atoms with Gasteiger partial charge in [-0.25, -0.2) is 14.8 Å². The van der Waals surface area contributed by atoms with Gasteiger partial charge in [-0.3, -0.25) is 0 Å². The smallest absolute Gasteiger partial charge is 0.407 e. The van der Waals surface area contributed by atoms with Crippen LogP contribution in [0.15, 0.2) is 54.7 Å². The Balaban J connectivity index is 1.63. The Morgan fingerprint density at radius 3 is 2.75 bits per heavy atom. The minimum atomic E-state index is -0.866. The van der Waals surface area contributed by atoms with Crippen LogP contribution < -0.4 is 0 Å². The summed E-state index contributed by atoms with van der Waals surface area (Å²) in [6.07, 6.45) is 1.73. The molecule has 1 amide bonds. The Morgan fingerprint density at radius 1 is 1.14 bits per heavy atom. The highest BCUT2D eigenvalue weighted by Gasteiger charge is 2.30. The summed E-state index contributed by atoms with van der Waals surface area (Å²) in [5.41, 5.74) is 3.84. The van der Waals surface area contributed by atoms with Gasteiger partial charge in [0.1, 0.15) is 11.3 Å². The molecule has 0 spiro atoms. The molecule has 140 valence electrons. The lowest BCUT2D eigenvalue weighted by Crippen LogP contribution is -2.27. The topological polar surface area (TPSA) is 71.2 Å². The maximum atomic E-state index is 11.3. The molecule has 2 aromatic carbocycles. The van der Waals surface area contributed by atoms with Gasteiger partial charge >= 0.3 is 6.09 Å². The lowest BCUT2D eigenvalue weighted by atomic mass is 10.0. The Hall–Kier alpha value is -3.41. The Labute approximate surface area is 162 Å². The van der Waals surface area contributed by atoms with Crippen LogP contribution in [0.3, 0.4) is 0 Å². The number of aromatic nitrogens is 3. The van der Waals surface area contributed by atoms with E-state index in [-0.39, 0.29) is 6.04 Å². The summed E-state index contributed by atoms with van der Waals surface area (Å²) in [6, 6.07) is 16.8. The molecule has 1 atom stereocenters. The van der Waals surface area contributed by atoms with E-state index in [0.29, 0.717) is 13.1 Å². The number of fused-ring (bicyclic) bond motifs is 2. The number of likely N-dealkylation sites (tertiary alicyclic amines) is 1. The number of hydrogen-bond donors (Lipinski definition) is 1. The van der Waals surface area contributed by atoms with Gasteiger partial charge in [0.05, 0.1) is 6.04 Å². The van der Waals surface area contributed by atoms with Crippen molar-refractivity contribution >= 4 is 28.0 Å². The number of benzene rings is 2. The molecule has 1 saturated heterocycles. The first-order chi connectivity index (χ1) is 13.6. The molecule has 6 heteroatoms. The van der Waals surface area contributed by atoms with Crippen molar-refractivity contribution in [1.29, 1.82) is 0 Å². The summed E-state index contributed by atoms with van der Waals surface area (Å²) in [5.74, 6) is 0.868. The van der Waals surface area contributed by atoms with Crippen molar-refractivity contribution in [2.24, 2.45) is 0 Å². The van der Waals surface area contributed by atoms with E-state index >= 15 is 0 Å². The van der Waals surface area contributed by atoms with Crippen LogP contribution in [0.2, 0.25) is 0 Å². The van der Waals surface area contributed by atoms with Crippen molar-refractivity contribution in [2.45, 2.75) is 19.4 Å². The van der Waals surface area contributed by atoms with Gasteiger partial charge in [0.15, 0.2) is 5.65 Å². The molecule has 1 aliphatic rings. The van der Waals surface area contributed by atoms with E-state index in [2.05, 4.69) is 39.9 Å². The first kappa shape index (κ1) is 16.7. The maximum absolute atomic E-state index is 11.3. The van der Waals surface area contributed by atoms with Crippen LogP contribution in [-0.4, -0.2) is 43.7 Å². The van der Waals surface area contributed by atoms with Crippen molar-refractivity contribution in [3.63, 3.8) is 0 Å². The quantitative estimate of drug-likeness (QED) is 0.563. The molecule has 5 rings (SSSR count). The van der Waals surface area contributed by atoms with Crippen molar-refractivity contribution in [3.05, 3.63) is 60.6 Å². The zero-order valence-electron chi connectivity index (χ0n) is 15.5. The van der Waals surface area contributed by atoms with Gasteiger partial charge in [0, 0.05) is 24.8 Å². The van der Waals surface area contributed by atoms with E-state index < -0.39 is 6.09 Å². The van der Waals surface area contributed by atoms with Gasteiger partial charge in [-0.2, -0.15) is 0 Å². The fourth-order valence-corrected chi connectivity index (χ4v) is 4.25. The second-order valence-corrected chi connectivity index (χ2v) is 7.29. The van der Waals surface area contributed by atoms with Crippen LogP contribution in [0.5, 0.6) is 0 Å². The standard InChI is InChI=1S/C22H20N4O2/c1-14-24-20-19(17-7-6-15-4-2-3-5-16(15)12-17)8-10-23-21(20)26(14)18-9-11-25(13-18)22(27)28/h2-8,10,12,18H,9,11,13H2,1H3,(H,27,28)/t18-/m1/s1. The summed E-state index contributed by atoms with van der Waals surface area (Å²) >= 11 is 0. The van der Waals surface area contributed by atoms with E-state index in [1.54, 1.807) is 0 Å². The Morgan fingerprint density at radius 2 is 1.96 bits per heavy atom. The largest absolute Gasteiger partial charge is 0.465 e. The van der Waals surface area contributed by atoms with E-state index in [4.69, 9.17) is 4.98 Å². The van der Waals surface area contributed by atoms with Gasteiger partial charge in [0.2, 0.25) is 0 Å². The van der Waals surface area contributed by atoms with E-state index in [9.17, 15) is 9.90 Å². The molecule has 6 nitrogen and oxygen atoms in total. The predicted octanol–water partition coefficient (Wildman–Crippen LogP) is 4.48. The highest BCUT2D eigenvalue weighted by molar-refractivity contribution is 5.94. The molecule has 2 aromatic heterocycles. The number of amides is 1. The van der Waals surface area contributed by atoms with Crippen molar-refractivity contribution in [2.75, 3.05) is 13.1 Å². The highest BCUT2D eigenvalue weighted by atomic mass is 16.4. The predicted molar refractivity (Wildman–Crippen MR) is 108 cm³/mol. The number of rotatable bonds is 2. The van der Waals surface area contributed by atoms with Crippen LogP contribution in [0, 0.1) is 6.92 Å². The summed E-state index contributed by atoms with van der Waals surface area (Å²) in [4.78, 5) is 22.2. The first-order valence-corrected chi connectivity index (χ1v) is 9.42. The minimum Gasteiger partial charge on any atom is -0.465 e. The lowest BCUT2D eigenvalue weighted by Gasteiger charge is -2.15. The Bertz CT molecular complexity index is 1210.